The van der Waals surface area contributed by atoms with Gasteiger partial charge in [0.15, 0.2) is 5.79 Å². The summed E-state index contributed by atoms with van der Waals surface area (Å²) >= 11 is 0. The Morgan fingerprint density at radius 3 is 2.64 bits per heavy atom. The fourth-order valence-corrected chi connectivity index (χ4v) is 1.07. The predicted octanol–water partition coefficient (Wildman–Crippen LogP) is 0.155. The highest BCUT2D eigenvalue weighted by Crippen LogP contribution is 2.18. The molecule has 0 saturated carbocycles. The monoisotopic (exact) mass is 201 g/mol. The van der Waals surface area contributed by atoms with E-state index in [1.807, 2.05) is 0 Å². The van der Waals surface area contributed by atoms with Crippen LogP contribution in [0.2, 0.25) is 0 Å². The second-order valence-electron chi connectivity index (χ2n) is 3.33. The minimum Gasteiger partial charge on any atom is -0.457 e. The van der Waals surface area contributed by atoms with Crippen molar-refractivity contribution >= 4 is 5.97 Å². The van der Waals surface area contributed by atoms with E-state index in [-0.39, 0.29) is 6.61 Å². The van der Waals surface area contributed by atoms with Crippen molar-refractivity contribution in [3.8, 4) is 0 Å². The zero-order chi connectivity index (χ0) is 10.6. The highest BCUT2D eigenvalue weighted by atomic mass is 16.8. The fraction of sp³-hybridized carbons (Fsp3) is 0.667. The van der Waals surface area contributed by atoms with Crippen LogP contribution in [0, 0.1) is 0 Å². The number of rotatable bonds is 3. The second kappa shape index (κ2) is 4.43. The summed E-state index contributed by atoms with van der Waals surface area (Å²) in [6, 6.07) is 0. The molecule has 0 aromatic rings. The smallest absolute Gasteiger partial charge is 0.332 e. The summed E-state index contributed by atoms with van der Waals surface area (Å²) in [5.41, 5.74) is 5.72. The number of esters is 1. The number of carbonyl (C=O) groups is 1. The third-order valence-corrected chi connectivity index (χ3v) is 1.72. The molecule has 0 atom stereocenters. The molecular formula is C9H15NO4. The van der Waals surface area contributed by atoms with Crippen LogP contribution in [0.5, 0.6) is 0 Å². The first-order valence-corrected chi connectivity index (χ1v) is 4.40. The van der Waals surface area contributed by atoms with Gasteiger partial charge in [-0.1, -0.05) is 0 Å². The van der Waals surface area contributed by atoms with Crippen molar-refractivity contribution in [3.63, 3.8) is 0 Å². The first-order chi connectivity index (χ1) is 6.52. The van der Waals surface area contributed by atoms with Crippen LogP contribution in [-0.2, 0) is 19.0 Å². The molecule has 0 bridgehead atoms. The van der Waals surface area contributed by atoms with E-state index < -0.39 is 11.8 Å². The molecule has 2 N–H and O–H groups in total. The molecule has 1 heterocycles. The summed E-state index contributed by atoms with van der Waals surface area (Å²) in [4.78, 5) is 11.1. The number of allylic oxidation sites excluding steroid dienone is 1. The van der Waals surface area contributed by atoms with Crippen LogP contribution in [0.4, 0.5) is 0 Å². The van der Waals surface area contributed by atoms with E-state index in [0.29, 0.717) is 18.9 Å². The Kier molecular flexibility index (Phi) is 3.49. The summed E-state index contributed by atoms with van der Waals surface area (Å²) in [7, 11) is 0. The first-order valence-electron chi connectivity index (χ1n) is 4.40. The third-order valence-electron chi connectivity index (χ3n) is 1.72. The van der Waals surface area contributed by atoms with Gasteiger partial charge in [0.05, 0.1) is 13.2 Å². The minimum atomic E-state index is -0.800. The zero-order valence-corrected chi connectivity index (χ0v) is 8.41. The van der Waals surface area contributed by atoms with E-state index in [9.17, 15) is 4.79 Å². The Labute approximate surface area is 82.8 Å². The van der Waals surface area contributed by atoms with Crippen molar-refractivity contribution in [2.24, 2.45) is 5.73 Å². The predicted molar refractivity (Wildman–Crippen MR) is 49.2 cm³/mol. The average molecular weight is 201 g/mol. The summed E-state index contributed by atoms with van der Waals surface area (Å²) in [6.45, 7) is 4.48. The molecule has 80 valence electrons. The van der Waals surface area contributed by atoms with Crippen LogP contribution in [-0.4, -0.2) is 31.6 Å². The second-order valence-corrected chi connectivity index (χ2v) is 3.33. The van der Waals surface area contributed by atoms with Gasteiger partial charge in [-0.3, -0.25) is 0 Å². The number of ether oxygens (including phenoxy) is 3. The first kappa shape index (κ1) is 11.0. The molecule has 0 unspecified atom stereocenters. The Hall–Kier alpha value is -1.07. The fourth-order valence-electron chi connectivity index (χ4n) is 1.07. The van der Waals surface area contributed by atoms with Crippen molar-refractivity contribution in [2.75, 3.05) is 19.8 Å². The molecule has 1 aliphatic rings. The summed E-state index contributed by atoms with van der Waals surface area (Å²) < 4.78 is 15.4. The molecule has 1 fully saturated rings. The topological polar surface area (TPSA) is 70.8 Å². The molecule has 0 aromatic carbocycles. The molecule has 5 nitrogen and oxygen atoms in total. The van der Waals surface area contributed by atoms with Gasteiger partial charge in [0.1, 0.15) is 6.61 Å². The molecule has 0 spiro atoms. The Morgan fingerprint density at radius 2 is 2.14 bits per heavy atom. The SMILES string of the molecule is CC(N)=CC(=O)OCC1(C)OCCO1. The lowest BCUT2D eigenvalue weighted by molar-refractivity contribution is -0.186. The lowest BCUT2D eigenvalue weighted by Crippen LogP contribution is -2.33. The largest absolute Gasteiger partial charge is 0.457 e. The maximum Gasteiger partial charge on any atom is 0.332 e. The van der Waals surface area contributed by atoms with Gasteiger partial charge >= 0.3 is 5.97 Å². The summed E-state index contributed by atoms with van der Waals surface area (Å²) in [6.07, 6.45) is 1.22. The van der Waals surface area contributed by atoms with Gasteiger partial charge in [0.2, 0.25) is 0 Å². The molecule has 1 aliphatic heterocycles. The van der Waals surface area contributed by atoms with Gasteiger partial charge in [0, 0.05) is 11.8 Å². The normalized spacial score (nSPS) is 20.9. The van der Waals surface area contributed by atoms with Gasteiger partial charge in [-0.2, -0.15) is 0 Å². The molecule has 0 aliphatic carbocycles. The number of hydrogen-bond donors (Lipinski definition) is 1. The minimum absolute atomic E-state index is 0.0790. The van der Waals surface area contributed by atoms with Crippen molar-refractivity contribution in [1.29, 1.82) is 0 Å². The van der Waals surface area contributed by atoms with Crippen LogP contribution in [0.15, 0.2) is 11.8 Å². The molecular weight excluding hydrogens is 186 g/mol. The number of carbonyl (C=O) groups excluding carboxylic acids is 1. The zero-order valence-electron chi connectivity index (χ0n) is 8.41. The van der Waals surface area contributed by atoms with E-state index >= 15 is 0 Å². The van der Waals surface area contributed by atoms with Crippen molar-refractivity contribution in [2.45, 2.75) is 19.6 Å². The quantitative estimate of drug-likeness (QED) is 0.520. The van der Waals surface area contributed by atoms with Crippen molar-refractivity contribution < 1.29 is 19.0 Å². The lowest BCUT2D eigenvalue weighted by Gasteiger charge is -2.21. The molecule has 0 aromatic heterocycles. The van der Waals surface area contributed by atoms with Gasteiger partial charge in [-0.25, -0.2) is 4.79 Å². The Balaban J connectivity index is 2.33. The van der Waals surface area contributed by atoms with Crippen molar-refractivity contribution in [3.05, 3.63) is 11.8 Å². The molecule has 1 saturated heterocycles. The van der Waals surface area contributed by atoms with Crippen LogP contribution in [0.25, 0.3) is 0 Å². The third kappa shape index (κ3) is 3.35. The Morgan fingerprint density at radius 1 is 1.57 bits per heavy atom. The van der Waals surface area contributed by atoms with Crippen LogP contribution < -0.4 is 5.73 Å². The summed E-state index contributed by atoms with van der Waals surface area (Å²) in [5.74, 6) is -1.28. The molecule has 0 amide bonds. The van der Waals surface area contributed by atoms with E-state index in [0.717, 1.165) is 0 Å². The Bertz CT molecular complexity index is 239. The van der Waals surface area contributed by atoms with Gasteiger partial charge in [-0.05, 0) is 13.8 Å². The summed E-state index contributed by atoms with van der Waals surface area (Å²) in [5, 5.41) is 0. The van der Waals surface area contributed by atoms with E-state index in [4.69, 9.17) is 19.9 Å². The highest BCUT2D eigenvalue weighted by molar-refractivity contribution is 5.82. The van der Waals surface area contributed by atoms with Crippen LogP contribution in [0.1, 0.15) is 13.8 Å². The average Bonchev–Trinajstić information content (AvgIpc) is 2.49. The van der Waals surface area contributed by atoms with Gasteiger partial charge in [0.25, 0.3) is 0 Å². The van der Waals surface area contributed by atoms with E-state index in [2.05, 4.69) is 0 Å². The molecule has 5 heteroatoms. The lowest BCUT2D eigenvalue weighted by atomic mass is 10.3. The van der Waals surface area contributed by atoms with Gasteiger partial charge < -0.3 is 19.9 Å². The maximum atomic E-state index is 11.1. The number of hydrogen-bond acceptors (Lipinski definition) is 5. The van der Waals surface area contributed by atoms with E-state index in [1.54, 1.807) is 13.8 Å². The van der Waals surface area contributed by atoms with Crippen LogP contribution >= 0.6 is 0 Å². The van der Waals surface area contributed by atoms with Crippen molar-refractivity contribution in [1.82, 2.24) is 0 Å². The number of nitrogens with two attached hydrogens (primary N) is 1. The molecule has 1 rings (SSSR count). The van der Waals surface area contributed by atoms with Crippen LogP contribution in [0.3, 0.4) is 0 Å². The standard InChI is InChI=1S/C9H15NO4/c1-7(10)5-8(11)12-6-9(2)13-3-4-14-9/h5H,3-4,6,10H2,1-2H3. The van der Waals surface area contributed by atoms with E-state index in [1.165, 1.54) is 6.08 Å². The molecule has 0 radical (unpaired) electrons. The molecule has 14 heavy (non-hydrogen) atoms. The highest BCUT2D eigenvalue weighted by Gasteiger charge is 2.32. The maximum absolute atomic E-state index is 11.1. The van der Waals surface area contributed by atoms with Gasteiger partial charge in [-0.15, -0.1) is 0 Å².